The molecule has 0 radical (unpaired) electrons. The smallest absolute Gasteiger partial charge is 0.446 e. The summed E-state index contributed by atoms with van der Waals surface area (Å²) in [4.78, 5) is 0.148. The second-order valence-electron chi connectivity index (χ2n) is 3.34. The third kappa shape index (κ3) is 2.81. The largest absolute Gasteiger partial charge is 0.507 e. The third-order valence-electron chi connectivity index (χ3n) is 2.23. The lowest BCUT2D eigenvalue weighted by atomic mass is 10.1. The van der Waals surface area contributed by atoms with Crippen LogP contribution in [-0.2, 0) is 0 Å². The molecule has 0 aliphatic carbocycles. The van der Waals surface area contributed by atoms with Gasteiger partial charge in [0.05, 0.1) is 0 Å². The molecule has 0 saturated carbocycles. The van der Waals surface area contributed by atoms with Gasteiger partial charge in [-0.05, 0) is 55.3 Å². The average Bonchev–Trinajstić information content (AvgIpc) is 2.08. The quantitative estimate of drug-likeness (QED) is 0.745. The van der Waals surface area contributed by atoms with E-state index < -0.39 is 5.51 Å². The minimum absolute atomic E-state index is 0.0685. The highest BCUT2D eigenvalue weighted by molar-refractivity contribution is 8.00. The van der Waals surface area contributed by atoms with Crippen molar-refractivity contribution in [2.45, 2.75) is 31.2 Å². The molecule has 0 atom stereocenters. The van der Waals surface area contributed by atoms with Gasteiger partial charge in [0, 0.05) is 4.90 Å². The fourth-order valence-electron chi connectivity index (χ4n) is 1.26. The number of rotatable bonds is 1. The summed E-state index contributed by atoms with van der Waals surface area (Å²) in [6, 6.07) is 1.36. The summed E-state index contributed by atoms with van der Waals surface area (Å²) < 4.78 is 36.6. The average molecular weight is 236 g/mol. The van der Waals surface area contributed by atoms with Crippen LogP contribution in [0, 0.1) is 20.8 Å². The summed E-state index contributed by atoms with van der Waals surface area (Å²) in [5, 5.41) is 9.52. The molecule has 0 saturated heterocycles. The first-order valence-electron chi connectivity index (χ1n) is 4.28. The first-order valence-corrected chi connectivity index (χ1v) is 5.09. The van der Waals surface area contributed by atoms with E-state index in [-0.39, 0.29) is 22.4 Å². The maximum atomic E-state index is 12.2. The molecule has 0 aromatic heterocycles. The summed E-state index contributed by atoms with van der Waals surface area (Å²) in [6.45, 7) is 4.77. The van der Waals surface area contributed by atoms with Gasteiger partial charge in [0.15, 0.2) is 0 Å². The van der Waals surface area contributed by atoms with Gasteiger partial charge in [-0.3, -0.25) is 0 Å². The lowest BCUT2D eigenvalue weighted by Crippen LogP contribution is -2.01. The van der Waals surface area contributed by atoms with Gasteiger partial charge in [-0.1, -0.05) is 0 Å². The van der Waals surface area contributed by atoms with Crippen molar-refractivity contribution in [3.05, 3.63) is 22.8 Å². The van der Waals surface area contributed by atoms with Gasteiger partial charge in [-0.2, -0.15) is 13.2 Å². The van der Waals surface area contributed by atoms with E-state index in [1.54, 1.807) is 20.8 Å². The van der Waals surface area contributed by atoms with Crippen molar-refractivity contribution in [3.8, 4) is 5.75 Å². The topological polar surface area (TPSA) is 20.2 Å². The van der Waals surface area contributed by atoms with Gasteiger partial charge < -0.3 is 5.11 Å². The molecule has 0 fully saturated rings. The molecule has 1 aromatic carbocycles. The lowest BCUT2D eigenvalue weighted by molar-refractivity contribution is -0.0328. The van der Waals surface area contributed by atoms with Crippen LogP contribution in [0.5, 0.6) is 5.75 Å². The number of thioether (sulfide) groups is 1. The maximum absolute atomic E-state index is 12.2. The van der Waals surface area contributed by atoms with Gasteiger partial charge in [-0.15, -0.1) is 0 Å². The third-order valence-corrected chi connectivity index (χ3v) is 3.11. The molecular formula is C10H11F3OS. The van der Waals surface area contributed by atoms with E-state index in [1.165, 1.54) is 6.07 Å². The minimum atomic E-state index is -4.29. The molecule has 1 rings (SSSR count). The number of benzene rings is 1. The van der Waals surface area contributed by atoms with Gasteiger partial charge in [0.25, 0.3) is 0 Å². The summed E-state index contributed by atoms with van der Waals surface area (Å²) in [7, 11) is 0. The fourth-order valence-corrected chi connectivity index (χ4v) is 2.05. The minimum Gasteiger partial charge on any atom is -0.507 e. The molecule has 0 aliphatic heterocycles. The van der Waals surface area contributed by atoms with Crippen molar-refractivity contribution in [1.29, 1.82) is 0 Å². The molecular weight excluding hydrogens is 225 g/mol. The molecule has 84 valence electrons. The summed E-state index contributed by atoms with van der Waals surface area (Å²) in [5.41, 5.74) is -2.85. The van der Waals surface area contributed by atoms with Crippen LogP contribution < -0.4 is 0 Å². The molecule has 0 heterocycles. The Morgan fingerprint density at radius 1 is 1.13 bits per heavy atom. The van der Waals surface area contributed by atoms with Crippen molar-refractivity contribution >= 4 is 11.8 Å². The zero-order valence-corrected chi connectivity index (χ0v) is 9.38. The number of hydrogen-bond acceptors (Lipinski definition) is 2. The second kappa shape index (κ2) is 3.96. The highest BCUT2D eigenvalue weighted by Crippen LogP contribution is 2.41. The predicted molar refractivity (Wildman–Crippen MR) is 54.2 cm³/mol. The van der Waals surface area contributed by atoms with E-state index in [2.05, 4.69) is 0 Å². The standard InChI is InChI=1S/C10H11F3OS/c1-5-4-8(15-10(11,12)13)6(2)7(3)9(5)14/h4,14H,1-3H3. The molecule has 1 aromatic rings. The Bertz CT molecular complexity index is 385. The molecule has 5 heteroatoms. The van der Waals surface area contributed by atoms with Crippen LogP contribution in [0.1, 0.15) is 16.7 Å². The van der Waals surface area contributed by atoms with E-state index in [9.17, 15) is 18.3 Å². The second-order valence-corrected chi connectivity index (χ2v) is 4.44. The zero-order chi connectivity index (χ0) is 11.8. The monoisotopic (exact) mass is 236 g/mol. The van der Waals surface area contributed by atoms with Gasteiger partial charge in [0.2, 0.25) is 0 Å². The van der Waals surface area contributed by atoms with Crippen molar-refractivity contribution in [3.63, 3.8) is 0 Å². The van der Waals surface area contributed by atoms with Crippen LogP contribution in [0.15, 0.2) is 11.0 Å². The van der Waals surface area contributed by atoms with Crippen LogP contribution in [0.25, 0.3) is 0 Å². The molecule has 0 bridgehead atoms. The van der Waals surface area contributed by atoms with Crippen LogP contribution in [-0.4, -0.2) is 10.6 Å². The Morgan fingerprint density at radius 3 is 2.13 bits per heavy atom. The molecule has 0 aliphatic rings. The normalized spacial score (nSPS) is 11.9. The number of halogens is 3. The number of hydrogen-bond donors (Lipinski definition) is 1. The fraction of sp³-hybridized carbons (Fsp3) is 0.400. The Labute approximate surface area is 90.3 Å². The van der Waals surface area contributed by atoms with E-state index >= 15 is 0 Å². The molecule has 0 spiro atoms. The Balaban J connectivity index is 3.21. The molecule has 0 unspecified atom stereocenters. The van der Waals surface area contributed by atoms with E-state index in [4.69, 9.17) is 0 Å². The van der Waals surface area contributed by atoms with Gasteiger partial charge >= 0.3 is 5.51 Å². The van der Waals surface area contributed by atoms with Crippen LogP contribution in [0.3, 0.4) is 0 Å². The summed E-state index contributed by atoms with van der Waals surface area (Å²) in [6.07, 6.45) is 0. The number of alkyl halides is 3. The summed E-state index contributed by atoms with van der Waals surface area (Å²) in [5.74, 6) is 0.0685. The number of aromatic hydroxyl groups is 1. The molecule has 1 N–H and O–H groups in total. The van der Waals surface area contributed by atoms with Crippen molar-refractivity contribution in [1.82, 2.24) is 0 Å². The molecule has 15 heavy (non-hydrogen) atoms. The van der Waals surface area contributed by atoms with Crippen LogP contribution in [0.2, 0.25) is 0 Å². The SMILES string of the molecule is Cc1cc(SC(F)(F)F)c(C)c(C)c1O. The van der Waals surface area contributed by atoms with Crippen molar-refractivity contribution in [2.75, 3.05) is 0 Å². The summed E-state index contributed by atoms with van der Waals surface area (Å²) >= 11 is -0.147. The number of phenolic OH excluding ortho intramolecular Hbond substituents is 1. The van der Waals surface area contributed by atoms with Crippen molar-refractivity contribution < 1.29 is 18.3 Å². The van der Waals surface area contributed by atoms with Crippen LogP contribution in [0.4, 0.5) is 13.2 Å². The lowest BCUT2D eigenvalue weighted by Gasteiger charge is -2.13. The Hall–Kier alpha value is -0.840. The molecule has 1 nitrogen and oxygen atoms in total. The highest BCUT2D eigenvalue weighted by atomic mass is 32.2. The maximum Gasteiger partial charge on any atom is 0.446 e. The van der Waals surface area contributed by atoms with E-state index in [0.29, 0.717) is 16.7 Å². The highest BCUT2D eigenvalue weighted by Gasteiger charge is 2.30. The van der Waals surface area contributed by atoms with E-state index in [0.717, 1.165) is 0 Å². The number of aryl methyl sites for hydroxylation is 1. The zero-order valence-electron chi connectivity index (χ0n) is 8.57. The number of phenols is 1. The first-order chi connectivity index (χ1) is 6.72. The van der Waals surface area contributed by atoms with E-state index in [1.807, 2.05) is 0 Å². The Kier molecular flexibility index (Phi) is 3.23. The Morgan fingerprint density at radius 2 is 1.67 bits per heavy atom. The predicted octanol–water partition coefficient (Wildman–Crippen LogP) is 3.93. The van der Waals surface area contributed by atoms with Gasteiger partial charge in [-0.25, -0.2) is 0 Å². The van der Waals surface area contributed by atoms with Gasteiger partial charge in [0.1, 0.15) is 5.75 Å². The van der Waals surface area contributed by atoms with Crippen molar-refractivity contribution in [2.24, 2.45) is 0 Å². The molecule has 0 amide bonds. The van der Waals surface area contributed by atoms with Crippen LogP contribution >= 0.6 is 11.8 Å². The first kappa shape index (κ1) is 12.2.